The van der Waals surface area contributed by atoms with Crippen molar-refractivity contribution < 1.29 is 13.2 Å². The molecule has 2 rings (SSSR count). The molecule has 0 amide bonds. The summed E-state index contributed by atoms with van der Waals surface area (Å²) in [6.45, 7) is 3.48. The lowest BCUT2D eigenvalue weighted by Crippen LogP contribution is -2.03. The van der Waals surface area contributed by atoms with Gasteiger partial charge in [-0.15, -0.1) is 0 Å². The Bertz CT molecular complexity index is 603. The van der Waals surface area contributed by atoms with Crippen LogP contribution in [0.1, 0.15) is 11.3 Å². The number of aromatic nitrogens is 1. The summed E-state index contributed by atoms with van der Waals surface area (Å²) < 4.78 is 40.0. The first-order chi connectivity index (χ1) is 7.97. The van der Waals surface area contributed by atoms with E-state index in [0.29, 0.717) is 16.9 Å². The zero-order chi connectivity index (χ0) is 12.7. The lowest BCUT2D eigenvalue weighted by molar-refractivity contribution is 0.453. The molecule has 0 fully saturated rings. The maximum absolute atomic E-state index is 13.7. The van der Waals surface area contributed by atoms with Gasteiger partial charge in [0.05, 0.1) is 16.6 Å². The van der Waals surface area contributed by atoms with Gasteiger partial charge in [-0.1, -0.05) is 0 Å². The van der Waals surface area contributed by atoms with E-state index in [1.807, 2.05) is 0 Å². The Morgan fingerprint density at radius 2 is 1.76 bits per heavy atom. The molecule has 0 unspecified atom stereocenters. The van der Waals surface area contributed by atoms with Crippen LogP contribution in [0, 0.1) is 31.3 Å². The van der Waals surface area contributed by atoms with E-state index in [9.17, 15) is 13.2 Å². The molecule has 2 nitrogen and oxygen atoms in total. The predicted octanol–water partition coefficient (Wildman–Crippen LogP) is 3.31. The monoisotopic (exact) mass is 240 g/mol. The molecule has 1 aromatic heterocycles. The lowest BCUT2D eigenvalue weighted by atomic mass is 10.1. The fourth-order valence-corrected chi connectivity index (χ4v) is 1.85. The van der Waals surface area contributed by atoms with Gasteiger partial charge in [-0.3, -0.25) is 4.98 Å². The summed E-state index contributed by atoms with van der Waals surface area (Å²) in [5.41, 5.74) is 1.90. The predicted molar refractivity (Wildman–Crippen MR) is 60.6 cm³/mol. The maximum Gasteiger partial charge on any atom is 0.195 e. The van der Waals surface area contributed by atoms with Crippen LogP contribution in [0.2, 0.25) is 0 Å². The van der Waals surface area contributed by atoms with Crippen LogP contribution >= 0.6 is 0 Å². The second-order valence-electron chi connectivity index (χ2n) is 3.83. The van der Waals surface area contributed by atoms with E-state index in [-0.39, 0.29) is 10.9 Å². The van der Waals surface area contributed by atoms with Gasteiger partial charge >= 0.3 is 0 Å². The van der Waals surface area contributed by atoms with Crippen molar-refractivity contribution in [3.8, 4) is 0 Å². The van der Waals surface area contributed by atoms with Crippen LogP contribution in [0.5, 0.6) is 0 Å². The molecule has 0 radical (unpaired) electrons. The SMILES string of the molecule is CNc1c(C)c(C)nc2cc(F)c(F)c(F)c12. The van der Waals surface area contributed by atoms with Crippen LogP contribution < -0.4 is 5.32 Å². The number of aryl methyl sites for hydroxylation is 1. The highest BCUT2D eigenvalue weighted by Gasteiger charge is 2.19. The summed E-state index contributed by atoms with van der Waals surface area (Å²) in [7, 11) is 1.60. The zero-order valence-corrected chi connectivity index (χ0v) is 9.66. The van der Waals surface area contributed by atoms with Crippen LogP contribution in [0.25, 0.3) is 10.9 Å². The molecule has 1 aromatic carbocycles. The third-order valence-electron chi connectivity index (χ3n) is 2.85. The van der Waals surface area contributed by atoms with Crippen LogP contribution in [0.15, 0.2) is 6.07 Å². The molecule has 0 bridgehead atoms. The highest BCUT2D eigenvalue weighted by Crippen LogP contribution is 2.31. The van der Waals surface area contributed by atoms with Crippen molar-refractivity contribution in [2.75, 3.05) is 12.4 Å². The first-order valence-electron chi connectivity index (χ1n) is 5.09. The van der Waals surface area contributed by atoms with E-state index >= 15 is 0 Å². The third-order valence-corrected chi connectivity index (χ3v) is 2.85. The Balaban J connectivity index is 3.02. The number of fused-ring (bicyclic) bond motifs is 1. The fourth-order valence-electron chi connectivity index (χ4n) is 1.85. The Hall–Kier alpha value is -1.78. The molecule has 17 heavy (non-hydrogen) atoms. The highest BCUT2D eigenvalue weighted by atomic mass is 19.2. The topological polar surface area (TPSA) is 24.9 Å². The number of pyridine rings is 1. The minimum absolute atomic E-state index is 0.0190. The van der Waals surface area contributed by atoms with Gasteiger partial charge < -0.3 is 5.32 Å². The fraction of sp³-hybridized carbons (Fsp3) is 0.250. The summed E-state index contributed by atoms with van der Waals surface area (Å²) in [5.74, 6) is -3.91. The Labute approximate surface area is 96.5 Å². The molecular weight excluding hydrogens is 229 g/mol. The summed E-state index contributed by atoms with van der Waals surface area (Å²) >= 11 is 0. The van der Waals surface area contributed by atoms with Crippen molar-refractivity contribution in [1.82, 2.24) is 4.98 Å². The van der Waals surface area contributed by atoms with Crippen molar-refractivity contribution in [2.24, 2.45) is 0 Å². The number of halogens is 3. The van der Waals surface area contributed by atoms with Crippen LogP contribution in [-0.2, 0) is 0 Å². The standard InChI is InChI=1S/C12H11F3N2/c1-5-6(2)17-8-4-7(13)10(14)11(15)9(8)12(5)16-3/h4H,1-3H3,(H,16,17). The first kappa shape index (κ1) is 11.7. The van der Waals surface area contributed by atoms with E-state index in [0.717, 1.165) is 6.07 Å². The molecule has 0 aliphatic rings. The van der Waals surface area contributed by atoms with E-state index in [1.54, 1.807) is 20.9 Å². The molecule has 90 valence electrons. The van der Waals surface area contributed by atoms with Gasteiger partial charge in [-0.2, -0.15) is 0 Å². The molecule has 1 heterocycles. The second-order valence-corrected chi connectivity index (χ2v) is 3.83. The molecular formula is C12H11F3N2. The minimum atomic E-state index is -1.47. The summed E-state index contributed by atoms with van der Waals surface area (Å²) in [6, 6.07) is 0.904. The van der Waals surface area contributed by atoms with Crippen LogP contribution in [-0.4, -0.2) is 12.0 Å². The second kappa shape index (κ2) is 3.91. The highest BCUT2D eigenvalue weighted by molar-refractivity contribution is 5.93. The molecule has 0 aliphatic carbocycles. The lowest BCUT2D eigenvalue weighted by Gasteiger charge is -2.13. The van der Waals surface area contributed by atoms with Crippen LogP contribution in [0.4, 0.5) is 18.9 Å². The Morgan fingerprint density at radius 1 is 1.12 bits per heavy atom. The molecule has 0 saturated carbocycles. The number of benzene rings is 1. The van der Waals surface area contributed by atoms with Gasteiger partial charge in [0.1, 0.15) is 0 Å². The number of nitrogens with zero attached hydrogens (tertiary/aromatic N) is 1. The molecule has 0 spiro atoms. The number of hydrogen-bond acceptors (Lipinski definition) is 2. The quantitative estimate of drug-likeness (QED) is 0.773. The molecule has 2 aromatic rings. The smallest absolute Gasteiger partial charge is 0.195 e. The van der Waals surface area contributed by atoms with Gasteiger partial charge in [0.2, 0.25) is 0 Å². The molecule has 0 aliphatic heterocycles. The third kappa shape index (κ3) is 1.62. The van der Waals surface area contributed by atoms with Crippen LogP contribution in [0.3, 0.4) is 0 Å². The average molecular weight is 240 g/mol. The molecule has 5 heteroatoms. The van der Waals surface area contributed by atoms with E-state index in [4.69, 9.17) is 0 Å². The largest absolute Gasteiger partial charge is 0.387 e. The van der Waals surface area contributed by atoms with E-state index in [1.165, 1.54) is 0 Å². The molecule has 0 saturated heterocycles. The van der Waals surface area contributed by atoms with E-state index in [2.05, 4.69) is 10.3 Å². The Kier molecular flexibility index (Phi) is 2.69. The van der Waals surface area contributed by atoms with Crippen molar-refractivity contribution in [3.05, 3.63) is 34.8 Å². The maximum atomic E-state index is 13.7. The van der Waals surface area contributed by atoms with Gasteiger partial charge in [0.25, 0.3) is 0 Å². The number of hydrogen-bond donors (Lipinski definition) is 1. The first-order valence-corrected chi connectivity index (χ1v) is 5.09. The van der Waals surface area contributed by atoms with Gasteiger partial charge in [-0.25, -0.2) is 13.2 Å². The number of rotatable bonds is 1. The Morgan fingerprint density at radius 3 is 2.35 bits per heavy atom. The van der Waals surface area contributed by atoms with Crippen molar-refractivity contribution >= 4 is 16.6 Å². The van der Waals surface area contributed by atoms with Crippen molar-refractivity contribution in [1.29, 1.82) is 0 Å². The number of anilines is 1. The minimum Gasteiger partial charge on any atom is -0.387 e. The van der Waals surface area contributed by atoms with Crippen molar-refractivity contribution in [2.45, 2.75) is 13.8 Å². The van der Waals surface area contributed by atoms with Gasteiger partial charge in [0.15, 0.2) is 17.5 Å². The molecule has 1 N–H and O–H groups in total. The number of nitrogens with one attached hydrogen (secondary N) is 1. The van der Waals surface area contributed by atoms with Gasteiger partial charge in [-0.05, 0) is 19.4 Å². The van der Waals surface area contributed by atoms with Gasteiger partial charge in [0, 0.05) is 18.8 Å². The summed E-state index contributed by atoms with van der Waals surface area (Å²) in [5, 5.41) is 2.78. The summed E-state index contributed by atoms with van der Waals surface area (Å²) in [6.07, 6.45) is 0. The normalized spacial score (nSPS) is 10.9. The zero-order valence-electron chi connectivity index (χ0n) is 9.66. The summed E-state index contributed by atoms with van der Waals surface area (Å²) in [4.78, 5) is 4.06. The average Bonchev–Trinajstić information content (AvgIpc) is 2.29. The van der Waals surface area contributed by atoms with E-state index < -0.39 is 17.5 Å². The van der Waals surface area contributed by atoms with Crippen molar-refractivity contribution in [3.63, 3.8) is 0 Å². The molecule has 0 atom stereocenters.